The number of aryl methyl sites for hydroxylation is 2. The van der Waals surface area contributed by atoms with Gasteiger partial charge in [0.2, 0.25) is 0 Å². The molecule has 1 aromatic heterocycles. The van der Waals surface area contributed by atoms with E-state index in [1.54, 1.807) is 25.1 Å². The lowest BCUT2D eigenvalue weighted by Gasteiger charge is -2.04. The van der Waals surface area contributed by atoms with Crippen molar-refractivity contribution in [2.75, 3.05) is 0 Å². The van der Waals surface area contributed by atoms with E-state index >= 15 is 0 Å². The number of benzene rings is 1. The van der Waals surface area contributed by atoms with Crippen LogP contribution in [0, 0.1) is 13.8 Å². The van der Waals surface area contributed by atoms with Gasteiger partial charge in [0.15, 0.2) is 0 Å². The van der Waals surface area contributed by atoms with Crippen LogP contribution in [0.3, 0.4) is 0 Å². The minimum atomic E-state index is -3.75. The van der Waals surface area contributed by atoms with Gasteiger partial charge in [0.1, 0.15) is 18.1 Å². The van der Waals surface area contributed by atoms with Crippen LogP contribution in [0.15, 0.2) is 39.8 Å². The summed E-state index contributed by atoms with van der Waals surface area (Å²) in [5.41, 5.74) is 1.43. The summed E-state index contributed by atoms with van der Waals surface area (Å²) in [5, 5.41) is 3.66. The average molecular weight is 267 g/mol. The standard InChI is InChI=1S/C12H13NO4S/c1-9-3-5-12(6-4-9)18(14,15)16-8-11-7-10(2)17-13-11/h3-7H,8H2,1-2H3. The Morgan fingerprint density at radius 3 is 2.44 bits per heavy atom. The lowest BCUT2D eigenvalue weighted by molar-refractivity contribution is 0.291. The van der Waals surface area contributed by atoms with Crippen LogP contribution >= 0.6 is 0 Å². The Hall–Kier alpha value is -1.66. The van der Waals surface area contributed by atoms with Crippen molar-refractivity contribution < 1.29 is 17.1 Å². The summed E-state index contributed by atoms with van der Waals surface area (Å²) in [6, 6.07) is 8.09. The molecule has 0 aliphatic heterocycles. The molecular weight excluding hydrogens is 254 g/mol. The first-order chi connectivity index (χ1) is 8.47. The van der Waals surface area contributed by atoms with E-state index in [-0.39, 0.29) is 11.5 Å². The van der Waals surface area contributed by atoms with Crippen molar-refractivity contribution in [3.8, 4) is 0 Å². The first-order valence-corrected chi connectivity index (χ1v) is 6.76. The number of rotatable bonds is 4. The Balaban J connectivity index is 2.10. The van der Waals surface area contributed by atoms with Gasteiger partial charge in [-0.25, -0.2) is 0 Å². The van der Waals surface area contributed by atoms with E-state index in [0.29, 0.717) is 11.5 Å². The fraction of sp³-hybridized carbons (Fsp3) is 0.250. The van der Waals surface area contributed by atoms with Gasteiger partial charge in [-0.15, -0.1) is 0 Å². The Bertz CT molecular complexity index is 628. The molecule has 2 aromatic rings. The molecular formula is C12H13NO4S. The van der Waals surface area contributed by atoms with Crippen LogP contribution < -0.4 is 0 Å². The Labute approximate surface area is 105 Å². The minimum absolute atomic E-state index is 0.131. The molecule has 1 aromatic carbocycles. The summed E-state index contributed by atoms with van der Waals surface area (Å²) in [7, 11) is -3.75. The average Bonchev–Trinajstić information content (AvgIpc) is 2.73. The van der Waals surface area contributed by atoms with Gasteiger partial charge in [0.05, 0.1) is 4.90 Å². The predicted octanol–water partition coefficient (Wildman–Crippen LogP) is 2.20. The Morgan fingerprint density at radius 2 is 1.89 bits per heavy atom. The van der Waals surface area contributed by atoms with Crippen molar-refractivity contribution in [2.45, 2.75) is 25.3 Å². The molecule has 96 valence electrons. The zero-order chi connectivity index (χ0) is 13.2. The summed E-state index contributed by atoms with van der Waals surface area (Å²) in [4.78, 5) is 0.133. The second-order valence-corrected chi connectivity index (χ2v) is 5.57. The van der Waals surface area contributed by atoms with Crippen LogP contribution in [0.1, 0.15) is 17.0 Å². The van der Waals surface area contributed by atoms with Crippen LogP contribution in [-0.2, 0) is 20.9 Å². The molecule has 0 amide bonds. The molecule has 0 atom stereocenters. The summed E-state index contributed by atoms with van der Waals surface area (Å²) in [6.45, 7) is 3.48. The van der Waals surface area contributed by atoms with Crippen molar-refractivity contribution in [3.63, 3.8) is 0 Å². The van der Waals surface area contributed by atoms with Crippen molar-refractivity contribution in [1.82, 2.24) is 5.16 Å². The number of hydrogen-bond acceptors (Lipinski definition) is 5. The minimum Gasteiger partial charge on any atom is -0.361 e. The maximum Gasteiger partial charge on any atom is 0.297 e. The molecule has 0 radical (unpaired) electrons. The lowest BCUT2D eigenvalue weighted by atomic mass is 10.2. The second kappa shape index (κ2) is 4.91. The van der Waals surface area contributed by atoms with Crippen molar-refractivity contribution in [3.05, 3.63) is 47.3 Å². The molecule has 0 aliphatic carbocycles. The third-order valence-electron chi connectivity index (χ3n) is 2.35. The number of nitrogens with zero attached hydrogens (tertiary/aromatic N) is 1. The third-order valence-corrected chi connectivity index (χ3v) is 3.63. The number of aromatic nitrogens is 1. The molecule has 18 heavy (non-hydrogen) atoms. The van der Waals surface area contributed by atoms with E-state index in [1.165, 1.54) is 12.1 Å². The van der Waals surface area contributed by atoms with Gasteiger partial charge in [0.25, 0.3) is 10.1 Å². The van der Waals surface area contributed by atoms with Gasteiger partial charge < -0.3 is 4.52 Å². The van der Waals surface area contributed by atoms with E-state index in [9.17, 15) is 8.42 Å². The maximum atomic E-state index is 11.8. The fourth-order valence-corrected chi connectivity index (χ4v) is 2.28. The largest absolute Gasteiger partial charge is 0.361 e. The van der Waals surface area contributed by atoms with Gasteiger partial charge in [-0.1, -0.05) is 22.9 Å². The van der Waals surface area contributed by atoms with Gasteiger partial charge >= 0.3 is 0 Å². The summed E-state index contributed by atoms with van der Waals surface area (Å²) >= 11 is 0. The van der Waals surface area contributed by atoms with Crippen LogP contribution in [0.5, 0.6) is 0 Å². The van der Waals surface area contributed by atoms with Crippen LogP contribution in [-0.4, -0.2) is 13.6 Å². The zero-order valence-electron chi connectivity index (χ0n) is 10.1. The van der Waals surface area contributed by atoms with Crippen molar-refractivity contribution in [1.29, 1.82) is 0 Å². The summed E-state index contributed by atoms with van der Waals surface area (Å²) in [6.07, 6.45) is 0. The maximum absolute atomic E-state index is 11.8. The van der Waals surface area contributed by atoms with E-state index in [1.807, 2.05) is 6.92 Å². The quantitative estimate of drug-likeness (QED) is 0.794. The van der Waals surface area contributed by atoms with Gasteiger partial charge in [-0.2, -0.15) is 8.42 Å². The van der Waals surface area contributed by atoms with Crippen molar-refractivity contribution >= 4 is 10.1 Å². The van der Waals surface area contributed by atoms with E-state index < -0.39 is 10.1 Å². The van der Waals surface area contributed by atoms with Crippen molar-refractivity contribution in [2.24, 2.45) is 0 Å². The smallest absolute Gasteiger partial charge is 0.297 e. The lowest BCUT2D eigenvalue weighted by Crippen LogP contribution is -2.06. The van der Waals surface area contributed by atoms with Crippen LogP contribution in [0.4, 0.5) is 0 Å². The molecule has 0 fully saturated rings. The fourth-order valence-electron chi connectivity index (χ4n) is 1.40. The molecule has 0 spiro atoms. The molecule has 2 rings (SSSR count). The van der Waals surface area contributed by atoms with Crippen LogP contribution in [0.25, 0.3) is 0 Å². The molecule has 0 saturated carbocycles. The van der Waals surface area contributed by atoms with Crippen LogP contribution in [0.2, 0.25) is 0 Å². The topological polar surface area (TPSA) is 69.4 Å². The Kier molecular flexibility index (Phi) is 3.49. The zero-order valence-corrected chi connectivity index (χ0v) is 10.9. The highest BCUT2D eigenvalue weighted by molar-refractivity contribution is 7.86. The molecule has 0 bridgehead atoms. The first-order valence-electron chi connectivity index (χ1n) is 5.36. The predicted molar refractivity (Wildman–Crippen MR) is 64.4 cm³/mol. The van der Waals surface area contributed by atoms with E-state index in [4.69, 9.17) is 8.71 Å². The molecule has 0 aliphatic rings. The molecule has 0 unspecified atom stereocenters. The highest BCUT2D eigenvalue weighted by Gasteiger charge is 2.15. The normalized spacial score (nSPS) is 11.7. The molecule has 6 heteroatoms. The van der Waals surface area contributed by atoms with Gasteiger partial charge in [0, 0.05) is 6.07 Å². The first kappa shape index (κ1) is 12.8. The molecule has 0 saturated heterocycles. The SMILES string of the molecule is Cc1ccc(S(=O)(=O)OCc2cc(C)on2)cc1. The highest BCUT2D eigenvalue weighted by atomic mass is 32.2. The second-order valence-electron chi connectivity index (χ2n) is 3.96. The molecule has 5 nitrogen and oxygen atoms in total. The van der Waals surface area contributed by atoms with Gasteiger partial charge in [-0.3, -0.25) is 4.18 Å². The molecule has 0 N–H and O–H groups in total. The highest BCUT2D eigenvalue weighted by Crippen LogP contribution is 2.15. The number of hydrogen-bond donors (Lipinski definition) is 0. The van der Waals surface area contributed by atoms with E-state index in [2.05, 4.69) is 5.16 Å². The van der Waals surface area contributed by atoms with Gasteiger partial charge in [-0.05, 0) is 26.0 Å². The van der Waals surface area contributed by atoms with E-state index in [0.717, 1.165) is 5.56 Å². The third kappa shape index (κ3) is 2.96. The summed E-state index contributed by atoms with van der Waals surface area (Å²) < 4.78 is 33.4. The summed E-state index contributed by atoms with van der Waals surface area (Å²) in [5.74, 6) is 0.612. The molecule has 1 heterocycles. The monoisotopic (exact) mass is 267 g/mol. The Morgan fingerprint density at radius 1 is 1.22 bits per heavy atom.